The van der Waals surface area contributed by atoms with Crippen LogP contribution in [0.5, 0.6) is 0 Å². The van der Waals surface area contributed by atoms with Crippen LogP contribution in [0.3, 0.4) is 0 Å². The number of benzene rings is 3. The highest BCUT2D eigenvalue weighted by Crippen LogP contribution is 2.29. The molecule has 28 heavy (non-hydrogen) atoms. The first-order valence-corrected chi connectivity index (χ1v) is 9.11. The Morgan fingerprint density at radius 3 is 1.96 bits per heavy atom. The van der Waals surface area contributed by atoms with Crippen LogP contribution >= 0.6 is 0 Å². The minimum absolute atomic E-state index is 0.184. The highest BCUT2D eigenvalue weighted by Gasteiger charge is 2.21. The van der Waals surface area contributed by atoms with E-state index < -0.39 is 6.18 Å². The van der Waals surface area contributed by atoms with Gasteiger partial charge in [0.05, 0.1) is 0 Å². The molecule has 0 bridgehead atoms. The summed E-state index contributed by atoms with van der Waals surface area (Å²) in [6.45, 7) is 2.13. The van der Waals surface area contributed by atoms with E-state index in [1.165, 1.54) is 23.8 Å². The molecule has 0 nitrogen and oxygen atoms in total. The minimum Gasteiger partial charge on any atom is -0.206 e. The third-order valence-electron chi connectivity index (χ3n) is 4.48. The van der Waals surface area contributed by atoms with Gasteiger partial charge >= 0.3 is 6.18 Å². The molecule has 0 saturated carbocycles. The summed E-state index contributed by atoms with van der Waals surface area (Å²) in [5, 5.41) is 0. The Morgan fingerprint density at radius 2 is 1.39 bits per heavy atom. The summed E-state index contributed by atoms with van der Waals surface area (Å²) in [6.07, 6.45) is -1.08. The summed E-state index contributed by atoms with van der Waals surface area (Å²) < 4.78 is 51.4. The van der Waals surface area contributed by atoms with Crippen molar-refractivity contribution in [3.05, 3.63) is 89.8 Å². The fourth-order valence-corrected chi connectivity index (χ4v) is 3.05. The Bertz CT molecular complexity index is 949. The number of halogens is 4. The number of rotatable bonds is 5. The first-order chi connectivity index (χ1) is 13.4. The van der Waals surface area contributed by atoms with Gasteiger partial charge in [-0.2, -0.15) is 13.2 Å². The molecule has 0 aromatic heterocycles. The lowest BCUT2D eigenvalue weighted by molar-refractivity contribution is -0.0790. The van der Waals surface area contributed by atoms with Crippen LogP contribution in [-0.2, 0) is 6.42 Å². The van der Waals surface area contributed by atoms with Gasteiger partial charge in [0.2, 0.25) is 0 Å². The second-order valence-electron chi connectivity index (χ2n) is 6.64. The van der Waals surface area contributed by atoms with Crippen LogP contribution in [0.2, 0.25) is 0 Å². The largest absolute Gasteiger partial charge is 0.409 e. The van der Waals surface area contributed by atoms with Crippen LogP contribution in [0.15, 0.2) is 72.8 Å². The second kappa shape index (κ2) is 8.42. The normalized spacial score (nSPS) is 11.9. The highest BCUT2D eigenvalue weighted by atomic mass is 19.4. The molecular weight excluding hydrogens is 364 g/mol. The predicted molar refractivity (Wildman–Crippen MR) is 106 cm³/mol. The first kappa shape index (κ1) is 19.9. The Morgan fingerprint density at radius 1 is 0.786 bits per heavy atom. The molecule has 3 aromatic rings. The lowest BCUT2D eigenvalue weighted by Gasteiger charge is -2.08. The van der Waals surface area contributed by atoms with Crippen LogP contribution in [0.25, 0.3) is 28.3 Å². The Hall–Kier alpha value is -2.88. The van der Waals surface area contributed by atoms with Crippen molar-refractivity contribution in [2.75, 3.05) is 0 Å². The molecule has 0 unspecified atom stereocenters. The molecule has 0 radical (unpaired) electrons. The summed E-state index contributed by atoms with van der Waals surface area (Å²) in [7, 11) is 0. The Labute approximate surface area is 162 Å². The molecule has 0 aliphatic rings. The van der Waals surface area contributed by atoms with Gasteiger partial charge in [0.25, 0.3) is 0 Å². The van der Waals surface area contributed by atoms with E-state index in [0.29, 0.717) is 16.7 Å². The van der Waals surface area contributed by atoms with Crippen molar-refractivity contribution in [3.8, 4) is 22.3 Å². The zero-order chi connectivity index (χ0) is 20.1. The van der Waals surface area contributed by atoms with Crippen LogP contribution in [-0.4, -0.2) is 6.18 Å². The van der Waals surface area contributed by atoms with Crippen LogP contribution < -0.4 is 0 Å². The third-order valence-corrected chi connectivity index (χ3v) is 4.48. The molecule has 0 saturated heterocycles. The fourth-order valence-electron chi connectivity index (χ4n) is 3.05. The van der Waals surface area contributed by atoms with E-state index in [9.17, 15) is 17.6 Å². The van der Waals surface area contributed by atoms with Crippen molar-refractivity contribution in [1.82, 2.24) is 0 Å². The zero-order valence-electron chi connectivity index (χ0n) is 15.4. The van der Waals surface area contributed by atoms with Crippen molar-refractivity contribution in [2.45, 2.75) is 25.9 Å². The van der Waals surface area contributed by atoms with Gasteiger partial charge in [-0.15, -0.1) is 0 Å². The molecule has 0 N–H and O–H groups in total. The standard InChI is InChI=1S/C24H20F4/c1-2-3-17-4-8-19(9-5-17)21-12-13-22(23(25)16-21)20-10-6-18(7-11-20)14-15-24(26,27)28/h4-16H,2-3H2,1H3/b15-14+. The number of hydrogen-bond donors (Lipinski definition) is 0. The van der Waals surface area contributed by atoms with Gasteiger partial charge in [0, 0.05) is 11.6 Å². The third kappa shape index (κ3) is 5.10. The molecule has 0 spiro atoms. The van der Waals surface area contributed by atoms with Gasteiger partial charge in [-0.3, -0.25) is 0 Å². The molecule has 0 atom stereocenters. The maximum atomic E-state index is 14.7. The monoisotopic (exact) mass is 384 g/mol. The Balaban J connectivity index is 1.81. The van der Waals surface area contributed by atoms with Gasteiger partial charge < -0.3 is 0 Å². The topological polar surface area (TPSA) is 0 Å². The average Bonchev–Trinajstić information content (AvgIpc) is 2.67. The molecule has 0 aliphatic carbocycles. The van der Waals surface area contributed by atoms with E-state index in [1.54, 1.807) is 18.2 Å². The molecule has 0 aliphatic heterocycles. The van der Waals surface area contributed by atoms with Gasteiger partial charge in [-0.1, -0.05) is 80.1 Å². The molecule has 0 fully saturated rings. The van der Waals surface area contributed by atoms with E-state index in [1.807, 2.05) is 18.2 Å². The van der Waals surface area contributed by atoms with E-state index >= 15 is 0 Å². The smallest absolute Gasteiger partial charge is 0.206 e. The lowest BCUT2D eigenvalue weighted by Crippen LogP contribution is -2.00. The van der Waals surface area contributed by atoms with Crippen LogP contribution in [0, 0.1) is 5.82 Å². The summed E-state index contributed by atoms with van der Waals surface area (Å²) in [4.78, 5) is 0. The fraction of sp³-hybridized carbons (Fsp3) is 0.167. The minimum atomic E-state index is -4.35. The van der Waals surface area contributed by atoms with Crippen molar-refractivity contribution in [3.63, 3.8) is 0 Å². The van der Waals surface area contributed by atoms with Gasteiger partial charge in [0.1, 0.15) is 5.82 Å². The van der Waals surface area contributed by atoms with E-state index in [0.717, 1.165) is 30.0 Å². The van der Waals surface area contributed by atoms with E-state index in [-0.39, 0.29) is 11.9 Å². The summed E-state index contributed by atoms with van der Waals surface area (Å²) >= 11 is 0. The molecule has 3 rings (SSSR count). The van der Waals surface area contributed by atoms with Gasteiger partial charge in [-0.05, 0) is 40.3 Å². The summed E-state index contributed by atoms with van der Waals surface area (Å²) in [6, 6.07) is 19.4. The van der Waals surface area contributed by atoms with Crippen molar-refractivity contribution in [1.29, 1.82) is 0 Å². The number of alkyl halides is 3. The van der Waals surface area contributed by atoms with Crippen molar-refractivity contribution in [2.24, 2.45) is 0 Å². The molecule has 3 aromatic carbocycles. The SMILES string of the molecule is CCCc1ccc(-c2ccc(-c3ccc(/C=C/C(F)(F)F)cc3)c(F)c2)cc1. The predicted octanol–water partition coefficient (Wildman–Crippen LogP) is 7.69. The Kier molecular flexibility index (Phi) is 5.98. The maximum Gasteiger partial charge on any atom is 0.409 e. The lowest BCUT2D eigenvalue weighted by atomic mass is 9.98. The average molecular weight is 384 g/mol. The maximum absolute atomic E-state index is 14.7. The quantitative estimate of drug-likeness (QED) is 0.396. The molecule has 144 valence electrons. The highest BCUT2D eigenvalue weighted by molar-refractivity contribution is 5.72. The van der Waals surface area contributed by atoms with Crippen LogP contribution in [0.1, 0.15) is 24.5 Å². The molecule has 0 heterocycles. The number of hydrogen-bond acceptors (Lipinski definition) is 0. The van der Waals surface area contributed by atoms with Gasteiger partial charge in [0.15, 0.2) is 0 Å². The van der Waals surface area contributed by atoms with E-state index in [2.05, 4.69) is 19.1 Å². The first-order valence-electron chi connectivity index (χ1n) is 9.11. The zero-order valence-corrected chi connectivity index (χ0v) is 15.4. The molecular formula is C24H20F4. The summed E-state index contributed by atoms with van der Waals surface area (Å²) in [5.41, 5.74) is 4.42. The van der Waals surface area contributed by atoms with Gasteiger partial charge in [-0.25, -0.2) is 4.39 Å². The molecule has 4 heteroatoms. The van der Waals surface area contributed by atoms with Crippen molar-refractivity contribution < 1.29 is 17.6 Å². The summed E-state index contributed by atoms with van der Waals surface area (Å²) in [5.74, 6) is -0.367. The van der Waals surface area contributed by atoms with Crippen molar-refractivity contribution >= 4 is 6.08 Å². The van der Waals surface area contributed by atoms with Crippen LogP contribution in [0.4, 0.5) is 17.6 Å². The van der Waals surface area contributed by atoms with E-state index in [4.69, 9.17) is 0 Å². The molecule has 0 amide bonds. The number of aryl methyl sites for hydroxylation is 1. The number of allylic oxidation sites excluding steroid dienone is 1. The second-order valence-corrected chi connectivity index (χ2v) is 6.64.